The minimum atomic E-state index is -1.30. The largest absolute Gasteiger partial charge is 0.493 e. The average molecular weight is 364 g/mol. The molecule has 0 aromatic heterocycles. The molecular formula is C18H20O8. The van der Waals surface area contributed by atoms with E-state index in [4.69, 9.17) is 23.7 Å². The first-order valence-electron chi connectivity index (χ1n) is 7.90. The number of carbonyl (C=O) groups is 3. The van der Waals surface area contributed by atoms with Gasteiger partial charge in [0.25, 0.3) is 5.79 Å². The molecule has 2 rings (SSSR count). The van der Waals surface area contributed by atoms with Crippen molar-refractivity contribution < 1.29 is 38.1 Å². The van der Waals surface area contributed by atoms with E-state index in [1.165, 1.54) is 27.0 Å². The van der Waals surface area contributed by atoms with E-state index >= 15 is 0 Å². The van der Waals surface area contributed by atoms with Gasteiger partial charge in [-0.15, -0.1) is 0 Å². The molecule has 26 heavy (non-hydrogen) atoms. The number of hydrogen-bond acceptors (Lipinski definition) is 8. The maximum absolute atomic E-state index is 12.0. The lowest BCUT2D eigenvalue weighted by Gasteiger charge is -2.29. The lowest BCUT2D eigenvalue weighted by atomic mass is 10.1. The van der Waals surface area contributed by atoms with Crippen molar-refractivity contribution in [1.29, 1.82) is 0 Å². The summed E-state index contributed by atoms with van der Waals surface area (Å²) in [5.41, 5.74) is 0.264. The first kappa shape index (κ1) is 19.3. The van der Waals surface area contributed by atoms with E-state index in [0.29, 0.717) is 17.1 Å². The molecule has 0 unspecified atom stereocenters. The maximum atomic E-state index is 12.0. The van der Waals surface area contributed by atoms with Gasteiger partial charge >= 0.3 is 17.9 Å². The Morgan fingerprint density at radius 2 is 1.81 bits per heavy atom. The van der Waals surface area contributed by atoms with E-state index < -0.39 is 23.7 Å². The fraction of sp³-hybridized carbons (Fsp3) is 0.389. The molecule has 1 saturated heterocycles. The molecule has 0 saturated carbocycles. The third-order valence-corrected chi connectivity index (χ3v) is 3.27. The zero-order valence-electron chi connectivity index (χ0n) is 15.0. The Morgan fingerprint density at radius 1 is 1.15 bits per heavy atom. The normalized spacial score (nSPS) is 15.6. The predicted molar refractivity (Wildman–Crippen MR) is 89.4 cm³/mol. The zero-order chi connectivity index (χ0) is 19.3. The van der Waals surface area contributed by atoms with Crippen LogP contribution in [-0.2, 0) is 28.6 Å². The van der Waals surface area contributed by atoms with Crippen molar-refractivity contribution in [2.75, 3.05) is 20.3 Å². The Morgan fingerprint density at radius 3 is 2.38 bits per heavy atom. The zero-order valence-corrected chi connectivity index (χ0v) is 15.0. The van der Waals surface area contributed by atoms with Crippen molar-refractivity contribution >= 4 is 24.0 Å². The number of cyclic esters (lactones) is 2. The highest BCUT2D eigenvalue weighted by Gasteiger charge is 2.38. The van der Waals surface area contributed by atoms with Crippen molar-refractivity contribution in [2.24, 2.45) is 0 Å². The summed E-state index contributed by atoms with van der Waals surface area (Å²) in [5.74, 6) is -2.70. The second kappa shape index (κ2) is 7.90. The van der Waals surface area contributed by atoms with E-state index in [-0.39, 0.29) is 18.8 Å². The van der Waals surface area contributed by atoms with E-state index in [1.54, 1.807) is 25.1 Å². The first-order chi connectivity index (χ1) is 12.3. The molecule has 1 heterocycles. The van der Waals surface area contributed by atoms with Crippen LogP contribution in [0.1, 0.15) is 26.3 Å². The number of hydrogen-bond donors (Lipinski definition) is 0. The molecule has 0 N–H and O–H groups in total. The molecule has 1 aromatic carbocycles. The Balaban J connectivity index is 2.20. The SMILES string of the molecule is CCOC(=O)COc1ccc(C=C2C(=O)OC(C)(C)OC2=O)cc1OC. The molecule has 0 radical (unpaired) electrons. The van der Waals surface area contributed by atoms with Gasteiger partial charge in [0.2, 0.25) is 0 Å². The molecule has 8 nitrogen and oxygen atoms in total. The number of ether oxygens (including phenoxy) is 5. The summed E-state index contributed by atoms with van der Waals surface area (Å²) in [6, 6.07) is 4.69. The minimum Gasteiger partial charge on any atom is -0.493 e. The van der Waals surface area contributed by atoms with Crippen LogP contribution >= 0.6 is 0 Å². The molecule has 1 fully saturated rings. The number of esters is 3. The van der Waals surface area contributed by atoms with Gasteiger partial charge in [-0.25, -0.2) is 14.4 Å². The number of carbonyl (C=O) groups excluding carboxylic acids is 3. The van der Waals surface area contributed by atoms with Crippen LogP contribution in [0.25, 0.3) is 6.08 Å². The summed E-state index contributed by atoms with van der Waals surface area (Å²) < 4.78 is 25.4. The van der Waals surface area contributed by atoms with Gasteiger partial charge in [-0.3, -0.25) is 0 Å². The molecule has 1 aliphatic heterocycles. The molecule has 0 bridgehead atoms. The van der Waals surface area contributed by atoms with Crippen molar-refractivity contribution in [3.63, 3.8) is 0 Å². The highest BCUT2D eigenvalue weighted by molar-refractivity contribution is 6.18. The summed E-state index contributed by atoms with van der Waals surface area (Å²) in [6.45, 7) is 4.63. The average Bonchev–Trinajstić information content (AvgIpc) is 2.56. The van der Waals surface area contributed by atoms with Crippen molar-refractivity contribution in [3.05, 3.63) is 29.3 Å². The fourth-order valence-corrected chi connectivity index (χ4v) is 2.18. The highest BCUT2D eigenvalue weighted by atomic mass is 16.7. The molecule has 140 valence electrons. The highest BCUT2D eigenvalue weighted by Crippen LogP contribution is 2.30. The third-order valence-electron chi connectivity index (χ3n) is 3.27. The lowest BCUT2D eigenvalue weighted by Crippen LogP contribution is -2.41. The summed E-state index contributed by atoms with van der Waals surface area (Å²) in [5, 5.41) is 0. The van der Waals surface area contributed by atoms with Gasteiger partial charge in [0.05, 0.1) is 13.7 Å². The van der Waals surface area contributed by atoms with Gasteiger partial charge in [0.1, 0.15) is 5.57 Å². The Hall–Kier alpha value is -3.03. The molecule has 0 amide bonds. The molecule has 0 atom stereocenters. The Labute approximate surface area is 150 Å². The molecule has 0 spiro atoms. The van der Waals surface area contributed by atoms with Crippen molar-refractivity contribution in [1.82, 2.24) is 0 Å². The van der Waals surface area contributed by atoms with Crippen LogP contribution in [0.4, 0.5) is 0 Å². The Bertz CT molecular complexity index is 726. The summed E-state index contributed by atoms with van der Waals surface area (Å²) in [7, 11) is 1.43. The van der Waals surface area contributed by atoms with Gasteiger partial charge in [0, 0.05) is 13.8 Å². The van der Waals surface area contributed by atoms with Gasteiger partial charge in [-0.2, -0.15) is 0 Å². The molecule has 0 aliphatic carbocycles. The van der Waals surface area contributed by atoms with Crippen LogP contribution in [0.5, 0.6) is 11.5 Å². The molecule has 1 aliphatic rings. The fourth-order valence-electron chi connectivity index (χ4n) is 2.18. The molecular weight excluding hydrogens is 344 g/mol. The summed E-state index contributed by atoms with van der Waals surface area (Å²) in [4.78, 5) is 35.3. The number of benzene rings is 1. The van der Waals surface area contributed by atoms with E-state index in [0.717, 1.165) is 0 Å². The number of rotatable bonds is 6. The van der Waals surface area contributed by atoms with Crippen LogP contribution in [0, 0.1) is 0 Å². The van der Waals surface area contributed by atoms with Crippen LogP contribution in [0.3, 0.4) is 0 Å². The van der Waals surface area contributed by atoms with Crippen LogP contribution in [0.2, 0.25) is 0 Å². The van der Waals surface area contributed by atoms with Crippen LogP contribution in [0.15, 0.2) is 23.8 Å². The standard InChI is InChI=1S/C18H20O8/c1-5-23-15(19)10-24-13-7-6-11(9-14(13)22-4)8-12-16(20)25-18(2,3)26-17(12)21/h6-9H,5,10H2,1-4H3. The Kier molecular flexibility index (Phi) is 5.86. The van der Waals surface area contributed by atoms with Crippen LogP contribution in [-0.4, -0.2) is 44.0 Å². The second-order valence-corrected chi connectivity index (χ2v) is 5.74. The predicted octanol–water partition coefficient (Wildman–Crippen LogP) is 1.86. The summed E-state index contributed by atoms with van der Waals surface area (Å²) in [6.07, 6.45) is 1.33. The summed E-state index contributed by atoms with van der Waals surface area (Å²) >= 11 is 0. The monoisotopic (exact) mass is 364 g/mol. The smallest absolute Gasteiger partial charge is 0.348 e. The number of methoxy groups -OCH3 is 1. The van der Waals surface area contributed by atoms with Crippen LogP contribution < -0.4 is 9.47 Å². The lowest BCUT2D eigenvalue weighted by molar-refractivity contribution is -0.222. The topological polar surface area (TPSA) is 97.4 Å². The van der Waals surface area contributed by atoms with Gasteiger partial charge in [0.15, 0.2) is 18.1 Å². The van der Waals surface area contributed by atoms with Gasteiger partial charge in [-0.1, -0.05) is 6.07 Å². The van der Waals surface area contributed by atoms with Gasteiger partial charge in [-0.05, 0) is 30.7 Å². The van der Waals surface area contributed by atoms with E-state index in [2.05, 4.69) is 0 Å². The van der Waals surface area contributed by atoms with Crippen molar-refractivity contribution in [2.45, 2.75) is 26.6 Å². The third kappa shape index (κ3) is 4.75. The van der Waals surface area contributed by atoms with E-state index in [1.807, 2.05) is 0 Å². The van der Waals surface area contributed by atoms with Crippen molar-refractivity contribution in [3.8, 4) is 11.5 Å². The minimum absolute atomic E-state index is 0.230. The molecule has 8 heteroatoms. The molecule has 1 aromatic rings. The quantitative estimate of drug-likeness (QED) is 0.429. The second-order valence-electron chi connectivity index (χ2n) is 5.74. The van der Waals surface area contributed by atoms with E-state index in [9.17, 15) is 14.4 Å². The maximum Gasteiger partial charge on any atom is 0.348 e. The van der Waals surface area contributed by atoms with Gasteiger partial charge < -0.3 is 23.7 Å². The first-order valence-corrected chi connectivity index (χ1v) is 7.90.